The van der Waals surface area contributed by atoms with Gasteiger partial charge in [0.05, 0.1) is 0 Å². The van der Waals surface area contributed by atoms with Crippen molar-refractivity contribution >= 4 is 45.0 Å². The monoisotopic (exact) mass is 1270 g/mol. The minimum atomic E-state index is -10.7. The third-order valence-corrected chi connectivity index (χ3v) is 8.33. The smallest absolute Gasteiger partial charge is 0.358 e. The molecule has 3 aliphatic carbocycles. The molecule has 3 fully saturated rings. The van der Waals surface area contributed by atoms with Crippen LogP contribution >= 0.6 is 23.4 Å². The zero-order chi connectivity index (χ0) is 49.4. The van der Waals surface area contributed by atoms with Crippen LogP contribution in [0.5, 0.6) is 0 Å². The van der Waals surface area contributed by atoms with E-state index in [2.05, 4.69) is 98.8 Å². The number of rotatable bonds is 0. The van der Waals surface area contributed by atoms with Crippen molar-refractivity contribution in [2.75, 3.05) is 0 Å². The zero-order valence-corrected chi connectivity index (χ0v) is 48.4. The van der Waals surface area contributed by atoms with Gasteiger partial charge in [-0.3, -0.25) is 0 Å². The molecule has 0 saturated heterocycles. The van der Waals surface area contributed by atoms with Gasteiger partial charge < -0.3 is 44.6 Å². The molecule has 3 saturated carbocycles. The summed E-state index contributed by atoms with van der Waals surface area (Å²) < 4.78 is 178. The van der Waals surface area contributed by atoms with Gasteiger partial charge >= 0.3 is 150 Å². The van der Waals surface area contributed by atoms with Crippen LogP contribution in [0.3, 0.4) is 0 Å². The van der Waals surface area contributed by atoms with E-state index in [1.54, 1.807) is 0 Å². The summed E-state index contributed by atoms with van der Waals surface area (Å²) in [6, 6.07) is 41.7. The number of fused-ring (bicyclic) bond motifs is 2. The van der Waals surface area contributed by atoms with E-state index in [1.807, 2.05) is 36.4 Å². The van der Waals surface area contributed by atoms with Crippen molar-refractivity contribution in [2.45, 2.75) is 110 Å². The molecule has 0 aliphatic heterocycles. The fourth-order valence-corrected chi connectivity index (χ4v) is 5.73. The summed E-state index contributed by atoms with van der Waals surface area (Å²) in [7, 11) is -32.0. The van der Waals surface area contributed by atoms with Crippen LogP contribution in [-0.2, 0) is 51.2 Å². The first-order chi connectivity index (χ1) is 28.6. The predicted octanol–water partition coefficient (Wildman–Crippen LogP) is 26.7. The largest absolute Gasteiger partial charge is 2.00 e. The van der Waals surface area contributed by atoms with Crippen LogP contribution in [0.15, 0.2) is 121 Å². The summed E-state index contributed by atoms with van der Waals surface area (Å²) >= 11 is 0. The zero-order valence-electron chi connectivity index (χ0n) is 42.4. The Bertz CT molecular complexity index is 1880. The Labute approximate surface area is 456 Å². The Morgan fingerprint density at radius 2 is 0.479 bits per heavy atom. The quantitative estimate of drug-likeness (QED) is 0.0627. The summed E-state index contributed by atoms with van der Waals surface area (Å²) in [6.45, 7) is 4.26. The average molecular weight is 1270 g/mol. The first-order valence-electron chi connectivity index (χ1n) is 20.2. The number of hydrogen-bond acceptors (Lipinski definition) is 0. The van der Waals surface area contributed by atoms with Gasteiger partial charge in [-0.2, -0.15) is 0 Å². The number of hydrogen-bond donors (Lipinski definition) is 0. The summed E-state index contributed by atoms with van der Waals surface area (Å²) in [6.07, 6.45) is 22.5. The van der Waals surface area contributed by atoms with Gasteiger partial charge in [0.2, 0.25) is 0 Å². The van der Waals surface area contributed by atoms with Crippen LogP contribution in [0.2, 0.25) is 0 Å². The SMILES string of the molecule is C1CCCC1.C1CCCC1.C1CCCC1.Cc1ccc2ccccc2c1.Cc1cccc2ccccc12.F[P-](F)(F)(F)(F)F.F[P-](F)(F)(F)(F)F.F[P-](F)(F)(F)(F)F.[CH3-].[CH3-].[CH3-].[CH3-].[CH3-].[CH3-].[Fe+2].[Fe+2].[Fe+2].c1ccccc1. The van der Waals surface area contributed by atoms with Gasteiger partial charge in [0.1, 0.15) is 0 Å². The molecule has 0 atom stereocenters. The van der Waals surface area contributed by atoms with Crippen LogP contribution < -0.4 is 0 Å². The summed E-state index contributed by atoms with van der Waals surface area (Å²) in [4.78, 5) is 0. The fourth-order valence-electron chi connectivity index (χ4n) is 5.73. The average Bonchev–Trinajstić information content (AvgIpc) is 3.97. The molecular formula is C49H74F18Fe3P3-3. The third kappa shape index (κ3) is 90.1. The molecule has 0 N–H and O–H groups in total. The Hall–Kier alpha value is -1.79. The first kappa shape index (κ1) is 93.7. The molecular weight excluding hydrogens is 1190 g/mol. The van der Waals surface area contributed by atoms with Crippen molar-refractivity contribution in [3.05, 3.63) is 177 Å². The summed E-state index contributed by atoms with van der Waals surface area (Å²) in [5.74, 6) is 0. The van der Waals surface area contributed by atoms with Gasteiger partial charge in [-0.1, -0.05) is 223 Å². The second-order valence-electron chi connectivity index (χ2n) is 15.0. The molecule has 24 heteroatoms. The summed E-state index contributed by atoms with van der Waals surface area (Å²) in [5.41, 5.74) is 2.67. The Morgan fingerprint density at radius 3 is 0.740 bits per heavy atom. The van der Waals surface area contributed by atoms with Gasteiger partial charge in [0, 0.05) is 0 Å². The van der Waals surface area contributed by atoms with Crippen LogP contribution in [0.1, 0.15) is 107 Å². The van der Waals surface area contributed by atoms with Crippen LogP contribution in [-0.4, -0.2) is 0 Å². The van der Waals surface area contributed by atoms with E-state index < -0.39 is 23.4 Å². The van der Waals surface area contributed by atoms with Gasteiger partial charge in [-0.05, 0) is 41.0 Å². The Balaban J connectivity index is -0.0000000764. The molecule has 0 radical (unpaired) electrons. The van der Waals surface area contributed by atoms with Crippen LogP contribution in [0, 0.1) is 58.4 Å². The molecule has 0 nitrogen and oxygen atoms in total. The van der Waals surface area contributed by atoms with E-state index in [4.69, 9.17) is 0 Å². The van der Waals surface area contributed by atoms with Crippen LogP contribution in [0.4, 0.5) is 75.5 Å². The van der Waals surface area contributed by atoms with E-state index >= 15 is 0 Å². The maximum absolute atomic E-state index is 10.7. The first-order valence-corrected chi connectivity index (χ1v) is 26.3. The van der Waals surface area contributed by atoms with Gasteiger partial charge in [-0.15, -0.1) is 0 Å². The molecule has 8 rings (SSSR count). The van der Waals surface area contributed by atoms with E-state index in [9.17, 15) is 75.5 Å². The molecule has 5 aromatic carbocycles. The van der Waals surface area contributed by atoms with Gasteiger partial charge in [0.25, 0.3) is 0 Å². The molecule has 0 unspecified atom stereocenters. The minimum Gasteiger partial charge on any atom is -0.358 e. The predicted molar refractivity (Wildman–Crippen MR) is 272 cm³/mol. The second-order valence-corrected chi connectivity index (χ2v) is 20.7. The van der Waals surface area contributed by atoms with Gasteiger partial charge in [0.15, 0.2) is 0 Å². The minimum absolute atomic E-state index is 0. The van der Waals surface area contributed by atoms with E-state index in [0.717, 1.165) is 0 Å². The Morgan fingerprint density at radius 1 is 0.260 bits per heavy atom. The number of aryl methyl sites for hydroxylation is 2. The normalized spacial score (nSPS) is 15.3. The van der Waals surface area contributed by atoms with Gasteiger partial charge in [-0.25, -0.2) is 0 Å². The number of halogens is 18. The molecule has 5 aromatic rings. The molecule has 0 bridgehead atoms. The number of benzene rings is 5. The second kappa shape index (κ2) is 36.3. The van der Waals surface area contributed by atoms with E-state index in [0.29, 0.717) is 0 Å². The summed E-state index contributed by atoms with van der Waals surface area (Å²) in [5, 5.41) is 5.33. The molecule has 73 heavy (non-hydrogen) atoms. The van der Waals surface area contributed by atoms with Crippen molar-refractivity contribution in [2.24, 2.45) is 0 Å². The molecule has 0 aromatic heterocycles. The third-order valence-electron chi connectivity index (χ3n) is 8.33. The fraction of sp³-hybridized carbons (Fsp3) is 0.347. The standard InChI is InChI=1S/2C11H10.C6H6.3C5H10.6CH3.3F6P.3Fe/c1-9-5-4-7-10-6-2-3-8-11(9)10;1-9-6-7-10-4-2-3-5-11(10)8-9;1-2-4-6-5-3-1;3*1-2-4-5-3-1;;;;;;;3*1-7(2,3,4,5)6;;;/h2*2-8H,1H3;1-6H;3*1-5H2;6*1H3;;;;;;/q;;;;;;9*-1;3*+2. The van der Waals surface area contributed by atoms with E-state index in [-0.39, 0.29) is 95.8 Å². The van der Waals surface area contributed by atoms with Crippen molar-refractivity contribution in [1.29, 1.82) is 0 Å². The Kier molecular flexibility index (Phi) is 46.6. The molecule has 0 spiro atoms. The van der Waals surface area contributed by atoms with Crippen molar-refractivity contribution in [3.8, 4) is 0 Å². The topological polar surface area (TPSA) is 0 Å². The molecule has 0 amide bonds. The van der Waals surface area contributed by atoms with Crippen molar-refractivity contribution in [1.82, 2.24) is 0 Å². The van der Waals surface area contributed by atoms with Crippen LogP contribution in [0.25, 0.3) is 21.5 Å². The molecule has 0 heterocycles. The van der Waals surface area contributed by atoms with E-state index in [1.165, 1.54) is 129 Å². The maximum Gasteiger partial charge on any atom is 2.00 e. The molecule has 438 valence electrons. The van der Waals surface area contributed by atoms with Crippen molar-refractivity contribution < 1.29 is 127 Å². The maximum atomic E-state index is 9.87. The van der Waals surface area contributed by atoms with Crippen molar-refractivity contribution in [3.63, 3.8) is 0 Å². The molecule has 3 aliphatic rings.